The average molecular weight is 469 g/mol. The third-order valence-electron chi connectivity index (χ3n) is 6.27. The maximum absolute atomic E-state index is 14.3. The van der Waals surface area contributed by atoms with Crippen LogP contribution in [-0.4, -0.2) is 45.3 Å². The van der Waals surface area contributed by atoms with Gasteiger partial charge in [0.25, 0.3) is 0 Å². The first-order valence-corrected chi connectivity index (χ1v) is 12.0. The molecule has 0 aromatic carbocycles. The van der Waals surface area contributed by atoms with Crippen LogP contribution in [0.4, 0.5) is 15.2 Å². The van der Waals surface area contributed by atoms with Crippen molar-refractivity contribution >= 4 is 28.1 Å². The summed E-state index contributed by atoms with van der Waals surface area (Å²) >= 11 is 1.35. The van der Waals surface area contributed by atoms with Gasteiger partial charge in [0.05, 0.1) is 24.4 Å². The Labute approximate surface area is 195 Å². The lowest BCUT2D eigenvalue weighted by atomic mass is 9.66. The van der Waals surface area contributed by atoms with Gasteiger partial charge in [-0.25, -0.2) is 9.37 Å². The zero-order chi connectivity index (χ0) is 22.7. The molecule has 172 valence electrons. The summed E-state index contributed by atoms with van der Waals surface area (Å²) in [6.07, 6.45) is 8.40. The van der Waals surface area contributed by atoms with E-state index in [9.17, 15) is 9.18 Å². The first-order chi connectivity index (χ1) is 16.1. The van der Waals surface area contributed by atoms with Crippen LogP contribution in [0.1, 0.15) is 44.2 Å². The molecule has 1 unspecified atom stereocenters. The Kier molecular flexibility index (Phi) is 6.28. The van der Waals surface area contributed by atoms with E-state index in [-0.39, 0.29) is 23.2 Å². The fraction of sp³-hybridized carbons (Fsp3) is 0.435. The summed E-state index contributed by atoms with van der Waals surface area (Å²) in [6.45, 7) is 1.28. The van der Waals surface area contributed by atoms with Crippen molar-refractivity contribution in [3.05, 3.63) is 48.2 Å². The molecule has 1 saturated carbocycles. The van der Waals surface area contributed by atoms with E-state index >= 15 is 0 Å². The van der Waals surface area contributed by atoms with E-state index in [0.717, 1.165) is 38.7 Å². The van der Waals surface area contributed by atoms with Gasteiger partial charge in [-0.3, -0.25) is 9.78 Å². The lowest BCUT2D eigenvalue weighted by Crippen LogP contribution is -2.42. The van der Waals surface area contributed by atoms with Crippen LogP contribution in [0.3, 0.4) is 0 Å². The van der Waals surface area contributed by atoms with Crippen molar-refractivity contribution in [2.24, 2.45) is 0 Å². The van der Waals surface area contributed by atoms with Crippen molar-refractivity contribution in [3.63, 3.8) is 0 Å². The number of ether oxygens (including phenoxy) is 1. The number of thiazole rings is 1. The minimum absolute atomic E-state index is 0.0107. The Morgan fingerprint density at radius 1 is 1.21 bits per heavy atom. The normalized spacial score (nSPS) is 19.1. The van der Waals surface area contributed by atoms with E-state index in [1.165, 1.54) is 17.4 Å². The van der Waals surface area contributed by atoms with Gasteiger partial charge >= 0.3 is 0 Å². The second-order valence-electron chi connectivity index (χ2n) is 8.54. The average Bonchev–Trinajstić information content (AvgIpc) is 3.47. The Balaban J connectivity index is 1.19. The molecular weight excluding hydrogens is 443 g/mol. The molecule has 1 amide bonds. The SMILES string of the molecule is O=C(CC1CCCO1)Nc1cnc(-c2ccc(NCC3(c4ncccc4F)CCC3)nn2)s1. The number of amides is 1. The van der Waals surface area contributed by atoms with Crippen molar-refractivity contribution in [1.29, 1.82) is 0 Å². The number of nitrogens with one attached hydrogen (secondary N) is 2. The van der Waals surface area contributed by atoms with Crippen LogP contribution in [0.5, 0.6) is 0 Å². The summed E-state index contributed by atoms with van der Waals surface area (Å²) in [6, 6.07) is 6.74. The van der Waals surface area contributed by atoms with Crippen LogP contribution in [0, 0.1) is 5.82 Å². The summed E-state index contributed by atoms with van der Waals surface area (Å²) in [5, 5.41) is 16.0. The van der Waals surface area contributed by atoms with E-state index in [0.29, 0.717) is 40.2 Å². The molecule has 10 heteroatoms. The van der Waals surface area contributed by atoms with Crippen LogP contribution >= 0.6 is 11.3 Å². The number of nitrogens with zero attached hydrogens (tertiary/aromatic N) is 4. The Morgan fingerprint density at radius 2 is 2.12 bits per heavy atom. The van der Waals surface area contributed by atoms with E-state index < -0.39 is 0 Å². The van der Waals surface area contributed by atoms with Gasteiger partial charge in [0.1, 0.15) is 27.3 Å². The Morgan fingerprint density at radius 3 is 2.82 bits per heavy atom. The van der Waals surface area contributed by atoms with Crippen LogP contribution in [0.15, 0.2) is 36.7 Å². The first kappa shape index (κ1) is 21.8. The number of carbonyl (C=O) groups is 1. The number of rotatable bonds is 8. The van der Waals surface area contributed by atoms with Gasteiger partial charge in [0.15, 0.2) is 0 Å². The van der Waals surface area contributed by atoms with Crippen LogP contribution < -0.4 is 10.6 Å². The van der Waals surface area contributed by atoms with Crippen molar-refractivity contribution < 1.29 is 13.9 Å². The molecule has 33 heavy (non-hydrogen) atoms. The van der Waals surface area contributed by atoms with Gasteiger partial charge in [-0.2, -0.15) is 0 Å². The minimum Gasteiger partial charge on any atom is -0.378 e. The van der Waals surface area contributed by atoms with Gasteiger partial charge < -0.3 is 15.4 Å². The molecular formula is C23H25FN6O2S. The summed E-state index contributed by atoms with van der Waals surface area (Å²) in [4.78, 5) is 20.8. The molecule has 0 spiro atoms. The number of hydrogen-bond donors (Lipinski definition) is 2. The number of hydrogen-bond acceptors (Lipinski definition) is 8. The van der Waals surface area contributed by atoms with E-state index in [2.05, 4.69) is 30.8 Å². The van der Waals surface area contributed by atoms with Crippen molar-refractivity contribution in [3.8, 4) is 10.7 Å². The fourth-order valence-electron chi connectivity index (χ4n) is 4.33. The molecule has 1 saturated heterocycles. The number of aromatic nitrogens is 4. The second-order valence-corrected chi connectivity index (χ2v) is 9.57. The third-order valence-corrected chi connectivity index (χ3v) is 7.20. The third kappa shape index (κ3) is 4.86. The van der Waals surface area contributed by atoms with Gasteiger partial charge in [0, 0.05) is 24.8 Å². The Hall–Kier alpha value is -2.98. The monoisotopic (exact) mass is 468 g/mol. The highest BCUT2D eigenvalue weighted by Gasteiger charge is 2.41. The quantitative estimate of drug-likeness (QED) is 0.511. The number of halogens is 1. The van der Waals surface area contributed by atoms with Crippen molar-refractivity contribution in [2.75, 3.05) is 23.8 Å². The molecule has 1 aliphatic heterocycles. The van der Waals surface area contributed by atoms with Crippen LogP contribution in [-0.2, 0) is 14.9 Å². The lowest BCUT2D eigenvalue weighted by Gasteiger charge is -2.41. The van der Waals surface area contributed by atoms with Gasteiger partial charge in [0.2, 0.25) is 5.91 Å². The number of pyridine rings is 1. The molecule has 0 bridgehead atoms. The summed E-state index contributed by atoms with van der Waals surface area (Å²) in [5.74, 6) is 0.280. The molecule has 3 aromatic rings. The van der Waals surface area contributed by atoms with E-state index in [1.54, 1.807) is 18.5 Å². The minimum atomic E-state index is -0.308. The first-order valence-electron chi connectivity index (χ1n) is 11.2. The number of anilines is 2. The highest BCUT2D eigenvalue weighted by atomic mass is 32.1. The molecule has 8 nitrogen and oxygen atoms in total. The molecule has 4 heterocycles. The van der Waals surface area contributed by atoms with Crippen molar-refractivity contribution in [1.82, 2.24) is 20.2 Å². The van der Waals surface area contributed by atoms with Crippen molar-refractivity contribution in [2.45, 2.75) is 50.0 Å². The highest BCUT2D eigenvalue weighted by molar-refractivity contribution is 7.19. The van der Waals surface area contributed by atoms with Crippen LogP contribution in [0.2, 0.25) is 0 Å². The molecule has 0 radical (unpaired) electrons. The zero-order valence-corrected chi connectivity index (χ0v) is 18.9. The molecule has 1 aliphatic carbocycles. The highest BCUT2D eigenvalue weighted by Crippen LogP contribution is 2.43. The predicted octanol–water partition coefficient (Wildman–Crippen LogP) is 4.18. The fourth-order valence-corrected chi connectivity index (χ4v) is 5.13. The smallest absolute Gasteiger partial charge is 0.227 e. The van der Waals surface area contributed by atoms with Gasteiger partial charge in [-0.1, -0.05) is 17.8 Å². The maximum Gasteiger partial charge on any atom is 0.227 e. The molecule has 2 fully saturated rings. The predicted molar refractivity (Wildman–Crippen MR) is 124 cm³/mol. The van der Waals surface area contributed by atoms with Crippen LogP contribution in [0.25, 0.3) is 10.7 Å². The van der Waals surface area contributed by atoms with Gasteiger partial charge in [-0.15, -0.1) is 10.2 Å². The molecule has 2 aliphatic rings. The molecule has 3 aromatic heterocycles. The molecule has 5 rings (SSSR count). The van der Waals surface area contributed by atoms with E-state index in [4.69, 9.17) is 4.74 Å². The second kappa shape index (κ2) is 9.48. The molecule has 1 atom stereocenters. The lowest BCUT2D eigenvalue weighted by molar-refractivity contribution is -0.118. The van der Waals surface area contributed by atoms with Gasteiger partial charge in [-0.05, 0) is 49.9 Å². The topological polar surface area (TPSA) is 102 Å². The summed E-state index contributed by atoms with van der Waals surface area (Å²) < 4.78 is 19.8. The largest absolute Gasteiger partial charge is 0.378 e. The summed E-state index contributed by atoms with van der Waals surface area (Å²) in [7, 11) is 0. The summed E-state index contributed by atoms with van der Waals surface area (Å²) in [5.41, 5.74) is 0.835. The molecule has 2 N–H and O–H groups in total. The zero-order valence-electron chi connectivity index (χ0n) is 18.1. The van der Waals surface area contributed by atoms with E-state index in [1.807, 2.05) is 12.1 Å². The maximum atomic E-state index is 14.3. The number of carbonyl (C=O) groups excluding carboxylic acids is 1. The standard InChI is InChI=1S/C23H25FN6O2S/c24-16-5-1-10-25-21(16)23(8-3-9-23)14-27-18-7-6-17(29-30-18)22-26-13-20(33-22)28-19(31)12-15-4-2-11-32-15/h1,5-7,10,13,15H,2-4,8-9,11-12,14H2,(H,27,30)(H,28,31). The Bertz CT molecular complexity index is 1110.